The van der Waals surface area contributed by atoms with Crippen molar-refractivity contribution in [3.63, 3.8) is 0 Å². The highest BCUT2D eigenvalue weighted by molar-refractivity contribution is 7.47. The van der Waals surface area contributed by atoms with E-state index in [1.165, 1.54) is 212 Å². The van der Waals surface area contributed by atoms with Gasteiger partial charge in [0.2, 0.25) is 0 Å². The van der Waals surface area contributed by atoms with Crippen LogP contribution in [0.15, 0.2) is 0 Å². The van der Waals surface area contributed by atoms with Gasteiger partial charge in [-0.15, -0.1) is 0 Å². The maximum atomic E-state index is 13.1. The van der Waals surface area contributed by atoms with E-state index in [1.54, 1.807) is 0 Å². The molecule has 0 aliphatic carbocycles. The Kier molecular flexibility index (Phi) is 68.1. The summed E-state index contributed by atoms with van der Waals surface area (Å²) < 4.78 is 68.7. The summed E-state index contributed by atoms with van der Waals surface area (Å²) in [7, 11) is -9.92. The van der Waals surface area contributed by atoms with Crippen LogP contribution in [-0.2, 0) is 65.4 Å². The Morgan fingerprint density at radius 2 is 0.490 bits per heavy atom. The molecular formula is C79H154O17P2. The monoisotopic (exact) mass is 1440 g/mol. The number of ether oxygens (including phenoxy) is 4. The van der Waals surface area contributed by atoms with E-state index in [9.17, 15) is 43.2 Å². The summed E-state index contributed by atoms with van der Waals surface area (Å²) in [5.41, 5.74) is 0. The van der Waals surface area contributed by atoms with Crippen LogP contribution in [0.25, 0.3) is 0 Å². The number of phosphoric acid groups is 2. The second-order valence-corrected chi connectivity index (χ2v) is 32.1. The van der Waals surface area contributed by atoms with Gasteiger partial charge in [0.1, 0.15) is 19.3 Å². The minimum Gasteiger partial charge on any atom is -0.462 e. The van der Waals surface area contributed by atoms with Crippen LogP contribution in [-0.4, -0.2) is 96.7 Å². The average Bonchev–Trinajstić information content (AvgIpc) is 1.02. The molecule has 0 aromatic rings. The van der Waals surface area contributed by atoms with Crippen LogP contribution in [0, 0.1) is 17.8 Å². The zero-order chi connectivity index (χ0) is 72.3. The smallest absolute Gasteiger partial charge is 0.462 e. The van der Waals surface area contributed by atoms with E-state index in [1.807, 2.05) is 0 Å². The van der Waals surface area contributed by atoms with Crippen molar-refractivity contribution in [1.29, 1.82) is 0 Å². The van der Waals surface area contributed by atoms with Gasteiger partial charge in [0.25, 0.3) is 0 Å². The molecule has 0 fully saturated rings. The van der Waals surface area contributed by atoms with Crippen molar-refractivity contribution in [2.75, 3.05) is 39.6 Å². The number of aliphatic hydroxyl groups excluding tert-OH is 1. The van der Waals surface area contributed by atoms with Crippen molar-refractivity contribution in [2.24, 2.45) is 17.8 Å². The molecule has 0 saturated carbocycles. The molecule has 0 aliphatic heterocycles. The molecule has 0 aromatic carbocycles. The summed E-state index contributed by atoms with van der Waals surface area (Å²) in [4.78, 5) is 73.0. The number of aliphatic hydroxyl groups is 1. The molecule has 0 radical (unpaired) electrons. The van der Waals surface area contributed by atoms with Gasteiger partial charge < -0.3 is 33.8 Å². The lowest BCUT2D eigenvalue weighted by molar-refractivity contribution is -0.161. The highest BCUT2D eigenvalue weighted by atomic mass is 31.2. The Balaban J connectivity index is 5.26. The SMILES string of the molecule is CCCCCCCCCCCCCCCCCCC(=O)OC[C@H](COP(=O)(O)OC[C@@H](O)COP(=O)(O)OC[C@@H](COC(=O)CCCCCCCCC(C)CC)OC(=O)CCCCCCCCCCCCC(C)CC)OC(=O)CCCCCCCCCCCCCCCCC(C)CC. The molecule has 8 atom stereocenters. The third kappa shape index (κ3) is 68.5. The first-order valence-electron chi connectivity index (χ1n) is 41.0. The molecule has 19 heteroatoms. The fourth-order valence-electron chi connectivity index (χ4n) is 12.0. The lowest BCUT2D eigenvalue weighted by Gasteiger charge is -2.21. The molecule has 0 rings (SSSR count). The van der Waals surface area contributed by atoms with Crippen molar-refractivity contribution in [2.45, 2.75) is 426 Å². The molecule has 0 amide bonds. The average molecular weight is 1440 g/mol. The second-order valence-electron chi connectivity index (χ2n) is 29.2. The predicted molar refractivity (Wildman–Crippen MR) is 400 cm³/mol. The largest absolute Gasteiger partial charge is 0.472 e. The predicted octanol–water partition coefficient (Wildman–Crippen LogP) is 23.4. The van der Waals surface area contributed by atoms with Crippen LogP contribution in [0.4, 0.5) is 0 Å². The summed E-state index contributed by atoms with van der Waals surface area (Å²) in [5, 5.41) is 10.6. The number of phosphoric ester groups is 2. The van der Waals surface area contributed by atoms with Gasteiger partial charge in [-0.05, 0) is 43.4 Å². The van der Waals surface area contributed by atoms with Crippen LogP contribution in [0.2, 0.25) is 0 Å². The molecule has 0 aromatic heterocycles. The Morgan fingerprint density at radius 3 is 0.724 bits per heavy atom. The summed E-state index contributed by atoms with van der Waals surface area (Å²) in [6, 6.07) is 0. The van der Waals surface area contributed by atoms with Crippen molar-refractivity contribution < 1.29 is 80.2 Å². The second kappa shape index (κ2) is 69.4. The lowest BCUT2D eigenvalue weighted by Crippen LogP contribution is -2.30. The van der Waals surface area contributed by atoms with Crippen LogP contribution >= 0.6 is 15.6 Å². The normalized spacial score (nSPS) is 14.8. The summed E-state index contributed by atoms with van der Waals surface area (Å²) in [6.07, 6.45) is 56.7. The van der Waals surface area contributed by atoms with Crippen LogP contribution in [0.3, 0.4) is 0 Å². The van der Waals surface area contributed by atoms with E-state index < -0.39 is 97.5 Å². The number of carbonyl (C=O) groups is 4. The topological polar surface area (TPSA) is 237 Å². The van der Waals surface area contributed by atoms with E-state index in [0.29, 0.717) is 25.7 Å². The summed E-state index contributed by atoms with van der Waals surface area (Å²) in [6.45, 7) is 12.0. The third-order valence-corrected chi connectivity index (χ3v) is 21.4. The number of esters is 4. The van der Waals surface area contributed by atoms with Crippen molar-refractivity contribution >= 4 is 39.5 Å². The van der Waals surface area contributed by atoms with E-state index in [-0.39, 0.29) is 25.7 Å². The summed E-state index contributed by atoms with van der Waals surface area (Å²) in [5.74, 6) is 0.266. The molecule has 5 unspecified atom stereocenters. The Morgan fingerprint density at radius 1 is 0.286 bits per heavy atom. The molecule has 0 saturated heterocycles. The van der Waals surface area contributed by atoms with E-state index in [4.69, 9.17) is 37.0 Å². The molecule has 582 valence electrons. The highest BCUT2D eigenvalue weighted by Crippen LogP contribution is 2.45. The molecule has 98 heavy (non-hydrogen) atoms. The van der Waals surface area contributed by atoms with E-state index in [0.717, 1.165) is 114 Å². The molecule has 17 nitrogen and oxygen atoms in total. The van der Waals surface area contributed by atoms with E-state index in [2.05, 4.69) is 48.5 Å². The minimum atomic E-state index is -4.96. The third-order valence-electron chi connectivity index (χ3n) is 19.5. The molecule has 0 spiro atoms. The van der Waals surface area contributed by atoms with Crippen molar-refractivity contribution in [3.05, 3.63) is 0 Å². The highest BCUT2D eigenvalue weighted by Gasteiger charge is 2.30. The van der Waals surface area contributed by atoms with Gasteiger partial charge in [-0.2, -0.15) is 0 Å². The molecule has 0 bridgehead atoms. The fraction of sp³-hybridized carbons (Fsp3) is 0.949. The van der Waals surface area contributed by atoms with E-state index >= 15 is 0 Å². The summed E-state index contributed by atoms with van der Waals surface area (Å²) >= 11 is 0. The van der Waals surface area contributed by atoms with Crippen LogP contribution in [0.1, 0.15) is 408 Å². The molecule has 3 N–H and O–H groups in total. The van der Waals surface area contributed by atoms with Crippen molar-refractivity contribution in [1.82, 2.24) is 0 Å². The Bertz CT molecular complexity index is 1910. The molecule has 0 aliphatic rings. The van der Waals surface area contributed by atoms with Gasteiger partial charge in [-0.3, -0.25) is 37.3 Å². The minimum absolute atomic E-state index is 0.105. The zero-order valence-electron chi connectivity index (χ0n) is 64.3. The standard InChI is InChI=1S/C79H154O17P2/c1-8-12-13-14-15-16-17-18-19-20-24-27-33-38-46-53-60-76(81)89-66-74(95-78(83)62-55-48-39-34-28-25-22-21-23-26-31-36-43-50-57-70(5)9-2)68-93-97(85,86)91-64-73(80)65-92-98(87,88)94-69-75(67-90-77(82)61-54-47-42-41-45-52-59-72(7)11-4)96-79(84)63-56-49-40-35-30-29-32-37-44-51-58-71(6)10-3/h70-75,80H,8-69H2,1-7H3,(H,85,86)(H,87,88)/t70?,71?,72?,73-,74-,75-/m1/s1. The van der Waals surface area contributed by atoms with Crippen LogP contribution in [0.5, 0.6) is 0 Å². The zero-order valence-corrected chi connectivity index (χ0v) is 66.0. The van der Waals surface area contributed by atoms with Gasteiger partial charge in [0.05, 0.1) is 26.4 Å². The first-order chi connectivity index (χ1) is 47.3. The van der Waals surface area contributed by atoms with Gasteiger partial charge in [-0.25, -0.2) is 9.13 Å². The molecular weight excluding hydrogens is 1280 g/mol. The fourth-order valence-corrected chi connectivity index (χ4v) is 13.6. The van der Waals surface area contributed by atoms with Crippen molar-refractivity contribution in [3.8, 4) is 0 Å². The Hall–Kier alpha value is -1.94. The first-order valence-corrected chi connectivity index (χ1v) is 44.0. The first kappa shape index (κ1) is 96.1. The number of hydrogen-bond donors (Lipinski definition) is 3. The number of rotatable bonds is 77. The van der Waals surface area contributed by atoms with Gasteiger partial charge in [0, 0.05) is 25.7 Å². The van der Waals surface area contributed by atoms with Crippen LogP contribution < -0.4 is 0 Å². The number of unbranched alkanes of at least 4 members (excludes halogenated alkanes) is 42. The van der Waals surface area contributed by atoms with Gasteiger partial charge in [-0.1, -0.05) is 357 Å². The quantitative estimate of drug-likeness (QED) is 0.0222. The Labute approximate surface area is 600 Å². The number of carbonyl (C=O) groups excluding carboxylic acids is 4. The maximum Gasteiger partial charge on any atom is 0.472 e. The number of hydrogen-bond acceptors (Lipinski definition) is 15. The lowest BCUT2D eigenvalue weighted by atomic mass is 9.99. The van der Waals surface area contributed by atoms with Gasteiger partial charge >= 0.3 is 39.5 Å². The van der Waals surface area contributed by atoms with Gasteiger partial charge in [0.15, 0.2) is 12.2 Å². The molecule has 0 heterocycles. The maximum absolute atomic E-state index is 13.1.